The first-order valence-corrected chi connectivity index (χ1v) is 11.2. The summed E-state index contributed by atoms with van der Waals surface area (Å²) in [5, 5.41) is 6.49. The van der Waals surface area contributed by atoms with E-state index < -0.39 is 5.60 Å². The molecule has 2 aromatic rings. The summed E-state index contributed by atoms with van der Waals surface area (Å²) < 4.78 is 11.3. The highest BCUT2D eigenvalue weighted by Gasteiger charge is 2.19. The van der Waals surface area contributed by atoms with Gasteiger partial charge in [-0.3, -0.25) is 0 Å². The van der Waals surface area contributed by atoms with Gasteiger partial charge in [-0.2, -0.15) is 0 Å². The Morgan fingerprint density at radius 3 is 2.26 bits per heavy atom. The van der Waals surface area contributed by atoms with Crippen LogP contribution in [0.4, 0.5) is 4.79 Å². The van der Waals surface area contributed by atoms with E-state index in [-0.39, 0.29) is 12.1 Å². The van der Waals surface area contributed by atoms with Crippen LogP contribution in [0.15, 0.2) is 54.6 Å². The van der Waals surface area contributed by atoms with E-state index in [2.05, 4.69) is 48.7 Å². The van der Waals surface area contributed by atoms with Crippen molar-refractivity contribution in [2.24, 2.45) is 5.92 Å². The lowest BCUT2D eigenvalue weighted by molar-refractivity contribution is 0.0501. The Kier molecular flexibility index (Phi) is 9.86. The Balaban J connectivity index is 1.91. The van der Waals surface area contributed by atoms with E-state index in [0.29, 0.717) is 12.5 Å². The molecular formula is C26H38N2O3. The van der Waals surface area contributed by atoms with Crippen LogP contribution in [-0.4, -0.2) is 30.8 Å². The first kappa shape index (κ1) is 24.7. The van der Waals surface area contributed by atoms with Crippen LogP contribution in [0, 0.1) is 5.92 Å². The monoisotopic (exact) mass is 426 g/mol. The minimum Gasteiger partial charge on any atom is -0.489 e. The lowest BCUT2D eigenvalue weighted by Crippen LogP contribution is -2.41. The molecule has 2 aromatic carbocycles. The zero-order chi connectivity index (χ0) is 22.7. The Hall–Kier alpha value is -2.53. The van der Waals surface area contributed by atoms with Crippen LogP contribution in [0.3, 0.4) is 0 Å². The molecule has 1 atom stereocenters. The molecular weight excluding hydrogens is 388 g/mol. The first-order valence-electron chi connectivity index (χ1n) is 11.2. The average Bonchev–Trinajstić information content (AvgIpc) is 2.70. The van der Waals surface area contributed by atoms with Crippen LogP contribution < -0.4 is 15.4 Å². The third-order valence-corrected chi connectivity index (χ3v) is 4.60. The fourth-order valence-electron chi connectivity index (χ4n) is 3.11. The van der Waals surface area contributed by atoms with Gasteiger partial charge in [-0.15, -0.1) is 0 Å². The molecule has 0 aliphatic heterocycles. The second-order valence-corrected chi connectivity index (χ2v) is 9.35. The summed E-state index contributed by atoms with van der Waals surface area (Å²) in [6, 6.07) is 18.2. The average molecular weight is 427 g/mol. The lowest BCUT2D eigenvalue weighted by atomic mass is 10.0. The normalized spacial score (nSPS) is 12.5. The molecule has 0 aliphatic carbocycles. The number of carbonyl (C=O) groups is 1. The van der Waals surface area contributed by atoms with Crippen molar-refractivity contribution in [1.82, 2.24) is 10.6 Å². The molecule has 31 heavy (non-hydrogen) atoms. The molecule has 5 nitrogen and oxygen atoms in total. The first-order chi connectivity index (χ1) is 14.7. The second-order valence-electron chi connectivity index (χ2n) is 9.35. The molecule has 2 N–H and O–H groups in total. The van der Waals surface area contributed by atoms with E-state index in [0.717, 1.165) is 42.8 Å². The van der Waals surface area contributed by atoms with Gasteiger partial charge in [0, 0.05) is 6.04 Å². The topological polar surface area (TPSA) is 59.6 Å². The number of carbonyl (C=O) groups excluding carboxylic acids is 1. The maximum Gasteiger partial charge on any atom is 0.407 e. The highest BCUT2D eigenvalue weighted by Crippen LogP contribution is 2.16. The largest absolute Gasteiger partial charge is 0.489 e. The van der Waals surface area contributed by atoms with Crippen LogP contribution >= 0.6 is 0 Å². The molecule has 0 saturated carbocycles. The SMILES string of the molecule is CC(C)CNCCC(Cc1ccc(OCc2ccccc2)cc1)NC(=O)OC(C)(C)C. The summed E-state index contributed by atoms with van der Waals surface area (Å²) in [6.45, 7) is 12.4. The summed E-state index contributed by atoms with van der Waals surface area (Å²) >= 11 is 0. The van der Waals surface area contributed by atoms with Crippen molar-refractivity contribution < 1.29 is 14.3 Å². The lowest BCUT2D eigenvalue weighted by Gasteiger charge is -2.24. The second kappa shape index (κ2) is 12.4. The fraction of sp³-hybridized carbons (Fsp3) is 0.500. The molecule has 0 heterocycles. The van der Waals surface area contributed by atoms with E-state index in [1.54, 1.807) is 0 Å². The third kappa shape index (κ3) is 10.9. The third-order valence-electron chi connectivity index (χ3n) is 4.60. The van der Waals surface area contributed by atoms with E-state index in [1.165, 1.54) is 0 Å². The Morgan fingerprint density at radius 1 is 0.968 bits per heavy atom. The van der Waals surface area contributed by atoms with Crippen LogP contribution in [0.2, 0.25) is 0 Å². The number of amides is 1. The van der Waals surface area contributed by atoms with Crippen molar-refractivity contribution in [2.75, 3.05) is 13.1 Å². The van der Waals surface area contributed by atoms with Gasteiger partial charge < -0.3 is 20.1 Å². The zero-order valence-corrected chi connectivity index (χ0v) is 19.6. The molecule has 170 valence electrons. The van der Waals surface area contributed by atoms with Crippen molar-refractivity contribution in [2.45, 2.75) is 65.7 Å². The van der Waals surface area contributed by atoms with Crippen molar-refractivity contribution in [3.8, 4) is 5.75 Å². The molecule has 0 saturated heterocycles. The predicted octanol–water partition coefficient (Wildman–Crippen LogP) is 5.34. The Morgan fingerprint density at radius 2 is 1.65 bits per heavy atom. The van der Waals surface area contributed by atoms with Gasteiger partial charge in [-0.05, 0) is 75.9 Å². The van der Waals surface area contributed by atoms with Gasteiger partial charge in [-0.1, -0.05) is 56.3 Å². The highest BCUT2D eigenvalue weighted by atomic mass is 16.6. The van der Waals surface area contributed by atoms with Gasteiger partial charge >= 0.3 is 6.09 Å². The predicted molar refractivity (Wildman–Crippen MR) is 126 cm³/mol. The minimum atomic E-state index is -0.512. The number of alkyl carbamates (subject to hydrolysis) is 1. The van der Waals surface area contributed by atoms with Gasteiger partial charge in [0.1, 0.15) is 18.0 Å². The quantitative estimate of drug-likeness (QED) is 0.476. The number of nitrogens with one attached hydrogen (secondary N) is 2. The molecule has 0 aliphatic rings. The zero-order valence-electron chi connectivity index (χ0n) is 19.6. The standard InChI is InChI=1S/C26H38N2O3/c1-20(2)18-27-16-15-23(28-25(29)31-26(3,4)5)17-21-11-13-24(14-12-21)30-19-22-9-7-6-8-10-22/h6-14,20,23,27H,15-19H2,1-5H3,(H,28,29). The molecule has 0 radical (unpaired) electrons. The Bertz CT molecular complexity index is 767. The summed E-state index contributed by atoms with van der Waals surface area (Å²) in [4.78, 5) is 12.3. The van der Waals surface area contributed by atoms with E-state index >= 15 is 0 Å². The maximum atomic E-state index is 12.3. The number of hydrogen-bond acceptors (Lipinski definition) is 4. The molecule has 0 fully saturated rings. The molecule has 5 heteroatoms. The number of ether oxygens (including phenoxy) is 2. The number of benzene rings is 2. The van der Waals surface area contributed by atoms with Crippen LogP contribution in [-0.2, 0) is 17.8 Å². The molecule has 1 amide bonds. The van der Waals surface area contributed by atoms with E-state index in [1.807, 2.05) is 51.1 Å². The minimum absolute atomic E-state index is 0.00870. The highest BCUT2D eigenvalue weighted by molar-refractivity contribution is 5.68. The maximum absolute atomic E-state index is 12.3. The molecule has 0 bridgehead atoms. The van der Waals surface area contributed by atoms with Crippen molar-refractivity contribution in [3.05, 3.63) is 65.7 Å². The molecule has 2 rings (SSSR count). The van der Waals surface area contributed by atoms with Gasteiger partial charge in [0.2, 0.25) is 0 Å². The molecule has 1 unspecified atom stereocenters. The van der Waals surface area contributed by atoms with Crippen LogP contribution in [0.25, 0.3) is 0 Å². The summed E-state index contributed by atoms with van der Waals surface area (Å²) in [7, 11) is 0. The number of hydrogen-bond donors (Lipinski definition) is 2. The summed E-state index contributed by atoms with van der Waals surface area (Å²) in [5.74, 6) is 1.43. The molecule has 0 spiro atoms. The van der Waals surface area contributed by atoms with Crippen molar-refractivity contribution in [3.63, 3.8) is 0 Å². The van der Waals surface area contributed by atoms with Gasteiger partial charge in [0.25, 0.3) is 0 Å². The number of rotatable bonds is 11. The van der Waals surface area contributed by atoms with Crippen LogP contribution in [0.5, 0.6) is 5.75 Å². The van der Waals surface area contributed by atoms with E-state index in [9.17, 15) is 4.79 Å². The Labute approximate surface area is 187 Å². The van der Waals surface area contributed by atoms with Crippen molar-refractivity contribution in [1.29, 1.82) is 0 Å². The van der Waals surface area contributed by atoms with Crippen LogP contribution in [0.1, 0.15) is 52.2 Å². The fourth-order valence-corrected chi connectivity index (χ4v) is 3.11. The summed E-state index contributed by atoms with van der Waals surface area (Å²) in [5.41, 5.74) is 1.78. The molecule has 0 aromatic heterocycles. The van der Waals surface area contributed by atoms with E-state index in [4.69, 9.17) is 9.47 Å². The smallest absolute Gasteiger partial charge is 0.407 e. The van der Waals surface area contributed by atoms with Gasteiger partial charge in [0.05, 0.1) is 0 Å². The van der Waals surface area contributed by atoms with Gasteiger partial charge in [-0.25, -0.2) is 4.79 Å². The summed E-state index contributed by atoms with van der Waals surface area (Å²) in [6.07, 6.45) is 1.20. The van der Waals surface area contributed by atoms with Crippen molar-refractivity contribution >= 4 is 6.09 Å². The van der Waals surface area contributed by atoms with Gasteiger partial charge in [0.15, 0.2) is 0 Å².